The Hall–Kier alpha value is -4.10. The molecule has 0 fully saturated rings. The molecule has 1 N–H and O–H groups in total. The van der Waals surface area contributed by atoms with E-state index >= 15 is 0 Å². The second-order valence-corrected chi connectivity index (χ2v) is 11.6. The minimum absolute atomic E-state index is 0.0631. The van der Waals surface area contributed by atoms with Gasteiger partial charge in [0, 0.05) is 0 Å². The predicted octanol–water partition coefficient (Wildman–Crippen LogP) is 6.61. The molecule has 39 heavy (non-hydrogen) atoms. The fourth-order valence-electron chi connectivity index (χ4n) is 4.48. The van der Waals surface area contributed by atoms with Gasteiger partial charge in [0.2, 0.25) is 0 Å². The van der Waals surface area contributed by atoms with E-state index in [4.69, 9.17) is 4.74 Å². The van der Waals surface area contributed by atoms with Gasteiger partial charge in [-0.2, -0.15) is 0 Å². The number of rotatable bonds is 11. The van der Waals surface area contributed by atoms with Crippen molar-refractivity contribution in [1.29, 1.82) is 0 Å². The van der Waals surface area contributed by atoms with E-state index in [9.17, 15) is 13.2 Å². The molecule has 1 atom stereocenters. The van der Waals surface area contributed by atoms with Crippen molar-refractivity contribution in [3.63, 3.8) is 0 Å². The molecule has 0 aliphatic carbocycles. The first-order chi connectivity index (χ1) is 18.8. The van der Waals surface area contributed by atoms with E-state index in [1.54, 1.807) is 36.4 Å². The first-order valence-corrected chi connectivity index (χ1v) is 14.4. The van der Waals surface area contributed by atoms with E-state index in [0.29, 0.717) is 17.4 Å². The van der Waals surface area contributed by atoms with Crippen LogP contribution in [-0.4, -0.2) is 21.4 Å². The van der Waals surface area contributed by atoms with Crippen molar-refractivity contribution >= 4 is 21.6 Å². The summed E-state index contributed by atoms with van der Waals surface area (Å²) in [5.74, 6) is 0.569. The summed E-state index contributed by atoms with van der Waals surface area (Å²) in [5, 5.41) is 3.17. The number of sulfonamides is 1. The van der Waals surface area contributed by atoms with Crippen LogP contribution in [0.1, 0.15) is 47.8 Å². The van der Waals surface area contributed by atoms with Crippen LogP contribution in [0.3, 0.4) is 0 Å². The average Bonchev–Trinajstić information content (AvgIpc) is 2.96. The highest BCUT2D eigenvalue weighted by molar-refractivity contribution is 7.92. The second kappa shape index (κ2) is 12.6. The van der Waals surface area contributed by atoms with E-state index in [1.807, 2.05) is 60.7 Å². The van der Waals surface area contributed by atoms with Crippen LogP contribution in [0.4, 0.5) is 5.69 Å². The van der Waals surface area contributed by atoms with Gasteiger partial charge in [-0.1, -0.05) is 86.6 Å². The zero-order valence-electron chi connectivity index (χ0n) is 22.4. The van der Waals surface area contributed by atoms with E-state index in [-0.39, 0.29) is 29.0 Å². The number of para-hydroxylation sites is 1. The van der Waals surface area contributed by atoms with Crippen LogP contribution in [0.2, 0.25) is 0 Å². The standard InChI is InChI=1S/C32H34N2O4S/c1-24(2)22-30(26-14-8-5-9-15-26)33-32(35)29-16-10-11-17-31(29)34(23-25-12-6-4-7-13-25)39(36,37)28-20-18-27(38-3)19-21-28/h4-21,24,30H,22-23H2,1-3H3,(H,33,35). The predicted molar refractivity (Wildman–Crippen MR) is 155 cm³/mol. The minimum atomic E-state index is -4.04. The fourth-order valence-corrected chi connectivity index (χ4v) is 5.95. The van der Waals surface area contributed by atoms with E-state index in [0.717, 1.165) is 17.5 Å². The topological polar surface area (TPSA) is 75.7 Å². The van der Waals surface area contributed by atoms with E-state index < -0.39 is 10.0 Å². The molecular formula is C32H34N2O4S. The Kier molecular flexibility index (Phi) is 9.04. The lowest BCUT2D eigenvalue weighted by Crippen LogP contribution is -2.35. The van der Waals surface area contributed by atoms with Crippen molar-refractivity contribution in [2.75, 3.05) is 11.4 Å². The lowest BCUT2D eigenvalue weighted by molar-refractivity contribution is 0.0932. The molecule has 0 aliphatic heterocycles. The number of ether oxygens (including phenoxy) is 1. The zero-order chi connectivity index (χ0) is 27.8. The van der Waals surface area contributed by atoms with E-state index in [2.05, 4.69) is 19.2 Å². The number of nitrogens with one attached hydrogen (secondary N) is 1. The van der Waals surface area contributed by atoms with Gasteiger partial charge in [-0.3, -0.25) is 9.10 Å². The van der Waals surface area contributed by atoms with Gasteiger partial charge in [-0.25, -0.2) is 8.42 Å². The highest BCUT2D eigenvalue weighted by Crippen LogP contribution is 2.31. The molecule has 0 bridgehead atoms. The molecule has 0 heterocycles. The van der Waals surface area contributed by atoms with Gasteiger partial charge in [0.1, 0.15) is 5.75 Å². The quantitative estimate of drug-likeness (QED) is 0.231. The maximum atomic E-state index is 14.1. The van der Waals surface area contributed by atoms with Crippen LogP contribution in [0, 0.1) is 5.92 Å². The van der Waals surface area contributed by atoms with Crippen molar-refractivity contribution in [3.8, 4) is 5.75 Å². The van der Waals surface area contributed by atoms with Crippen LogP contribution in [0.25, 0.3) is 0 Å². The number of nitrogens with zero attached hydrogens (tertiary/aromatic N) is 1. The summed E-state index contributed by atoms with van der Waals surface area (Å²) < 4.78 is 34.6. The molecule has 1 unspecified atom stereocenters. The van der Waals surface area contributed by atoms with Crippen LogP contribution in [-0.2, 0) is 16.6 Å². The van der Waals surface area contributed by atoms with Crippen LogP contribution >= 0.6 is 0 Å². The number of hydrogen-bond acceptors (Lipinski definition) is 4. The molecule has 7 heteroatoms. The van der Waals surface area contributed by atoms with Gasteiger partial charge >= 0.3 is 0 Å². The summed E-state index contributed by atoms with van der Waals surface area (Å²) in [6.45, 7) is 4.28. The van der Waals surface area contributed by atoms with Gasteiger partial charge in [0.15, 0.2) is 0 Å². The van der Waals surface area contributed by atoms with Gasteiger partial charge in [0.25, 0.3) is 15.9 Å². The maximum Gasteiger partial charge on any atom is 0.264 e. The molecule has 202 valence electrons. The average molecular weight is 543 g/mol. The Bertz CT molecular complexity index is 1470. The number of amides is 1. The number of carbonyl (C=O) groups excluding carboxylic acids is 1. The van der Waals surface area contributed by atoms with Gasteiger partial charge in [0.05, 0.1) is 35.8 Å². The molecule has 6 nitrogen and oxygen atoms in total. The summed E-state index contributed by atoms with van der Waals surface area (Å²) in [6.07, 6.45) is 0.746. The normalized spacial score (nSPS) is 12.1. The number of methoxy groups -OCH3 is 1. The summed E-state index contributed by atoms with van der Waals surface area (Å²) in [5.41, 5.74) is 2.40. The molecule has 1 amide bonds. The third-order valence-corrected chi connectivity index (χ3v) is 8.22. The summed E-state index contributed by atoms with van der Waals surface area (Å²) >= 11 is 0. The largest absolute Gasteiger partial charge is 0.497 e. The SMILES string of the molecule is COc1ccc(S(=O)(=O)N(Cc2ccccc2)c2ccccc2C(=O)NC(CC(C)C)c2ccccc2)cc1. The van der Waals surface area contributed by atoms with Crippen LogP contribution < -0.4 is 14.4 Å². The molecule has 4 rings (SSSR count). The highest BCUT2D eigenvalue weighted by atomic mass is 32.2. The van der Waals surface area contributed by atoms with Gasteiger partial charge < -0.3 is 10.1 Å². The molecule has 0 aromatic heterocycles. The molecule has 0 aliphatic rings. The Morgan fingerprint density at radius 1 is 0.821 bits per heavy atom. The molecule has 4 aromatic rings. The minimum Gasteiger partial charge on any atom is -0.497 e. The number of benzene rings is 4. The number of carbonyl (C=O) groups is 1. The molecule has 0 spiro atoms. The summed E-state index contributed by atoms with van der Waals surface area (Å²) in [7, 11) is -2.51. The van der Waals surface area contributed by atoms with Crippen molar-refractivity contribution in [1.82, 2.24) is 5.32 Å². The lowest BCUT2D eigenvalue weighted by atomic mass is 9.96. The third kappa shape index (κ3) is 6.86. The Morgan fingerprint density at radius 3 is 2.03 bits per heavy atom. The molecule has 4 aromatic carbocycles. The Balaban J connectivity index is 1.76. The summed E-state index contributed by atoms with van der Waals surface area (Å²) in [6, 6.07) is 32.1. The second-order valence-electron chi connectivity index (χ2n) is 9.76. The number of anilines is 1. The summed E-state index contributed by atoms with van der Waals surface area (Å²) in [4.78, 5) is 13.9. The third-order valence-electron chi connectivity index (χ3n) is 6.45. The van der Waals surface area contributed by atoms with Crippen molar-refractivity contribution in [2.24, 2.45) is 5.92 Å². The van der Waals surface area contributed by atoms with Gasteiger partial charge in [-0.05, 0) is 59.9 Å². The zero-order valence-corrected chi connectivity index (χ0v) is 23.3. The van der Waals surface area contributed by atoms with E-state index in [1.165, 1.54) is 23.5 Å². The fraction of sp³-hybridized carbons (Fsp3) is 0.219. The molecule has 0 saturated carbocycles. The first-order valence-electron chi connectivity index (χ1n) is 12.9. The maximum absolute atomic E-state index is 14.1. The smallest absolute Gasteiger partial charge is 0.264 e. The number of hydrogen-bond donors (Lipinski definition) is 1. The van der Waals surface area contributed by atoms with Crippen LogP contribution in [0.15, 0.2) is 114 Å². The van der Waals surface area contributed by atoms with Gasteiger partial charge in [-0.15, -0.1) is 0 Å². The monoisotopic (exact) mass is 542 g/mol. The molecular weight excluding hydrogens is 508 g/mol. The van der Waals surface area contributed by atoms with Crippen molar-refractivity contribution in [3.05, 3.63) is 126 Å². The molecule has 0 saturated heterocycles. The highest BCUT2D eigenvalue weighted by Gasteiger charge is 2.29. The van der Waals surface area contributed by atoms with Crippen LogP contribution in [0.5, 0.6) is 5.75 Å². The lowest BCUT2D eigenvalue weighted by Gasteiger charge is -2.28. The molecule has 0 radical (unpaired) electrons. The first kappa shape index (κ1) is 27.9. The Morgan fingerprint density at radius 2 is 1.41 bits per heavy atom. The van der Waals surface area contributed by atoms with Crippen molar-refractivity contribution in [2.45, 2.75) is 37.8 Å². The Labute approximate surface area is 231 Å². The van der Waals surface area contributed by atoms with Crippen molar-refractivity contribution < 1.29 is 17.9 Å².